The van der Waals surface area contributed by atoms with Crippen molar-refractivity contribution in [2.24, 2.45) is 0 Å². The second-order valence-electron chi connectivity index (χ2n) is 5.42. The van der Waals surface area contributed by atoms with Gasteiger partial charge in [-0.2, -0.15) is 0 Å². The van der Waals surface area contributed by atoms with Crippen LogP contribution in [-0.4, -0.2) is 22.5 Å². The van der Waals surface area contributed by atoms with Crippen LogP contribution in [-0.2, 0) is 4.74 Å². The van der Waals surface area contributed by atoms with Crippen LogP contribution in [0.1, 0.15) is 49.7 Å². The number of hydrogen-bond acceptors (Lipinski definition) is 3. The molecule has 0 aliphatic carbocycles. The van der Waals surface area contributed by atoms with Gasteiger partial charge in [-0.3, -0.25) is 4.79 Å². The number of amides is 2. The zero-order valence-electron chi connectivity index (χ0n) is 11.1. The first-order valence-electron chi connectivity index (χ1n) is 5.97. The minimum Gasteiger partial charge on any atom is -0.443 e. The number of carbonyl (C=O) groups is 2. The highest BCUT2D eigenvalue weighted by Crippen LogP contribution is 2.33. The highest BCUT2D eigenvalue weighted by Gasteiger charge is 2.39. The van der Waals surface area contributed by atoms with Gasteiger partial charge in [0.1, 0.15) is 5.60 Å². The van der Waals surface area contributed by atoms with Crippen LogP contribution in [0.2, 0.25) is 0 Å². The van der Waals surface area contributed by atoms with E-state index < -0.39 is 11.7 Å². The maximum atomic E-state index is 12.2. The van der Waals surface area contributed by atoms with Gasteiger partial charge in [-0.1, -0.05) is 18.2 Å². The molecule has 1 atom stereocenters. The van der Waals surface area contributed by atoms with Crippen LogP contribution >= 0.6 is 0 Å². The van der Waals surface area contributed by atoms with Crippen LogP contribution in [0, 0.1) is 0 Å². The summed E-state index contributed by atoms with van der Waals surface area (Å²) in [6.07, 6.45) is -0.587. The summed E-state index contributed by atoms with van der Waals surface area (Å²) in [5, 5.41) is 0. The van der Waals surface area contributed by atoms with E-state index in [2.05, 4.69) is 0 Å². The highest BCUT2D eigenvalue weighted by atomic mass is 16.6. The molecule has 4 nitrogen and oxygen atoms in total. The molecule has 0 N–H and O–H groups in total. The molecule has 1 heterocycles. The number of fused-ring (bicyclic) bond motifs is 1. The molecule has 0 aromatic heterocycles. The number of rotatable bonds is 0. The molecule has 1 aromatic rings. The van der Waals surface area contributed by atoms with Crippen molar-refractivity contribution >= 4 is 12.0 Å². The van der Waals surface area contributed by atoms with Crippen molar-refractivity contribution in [2.45, 2.75) is 39.3 Å². The van der Waals surface area contributed by atoms with Gasteiger partial charge >= 0.3 is 6.09 Å². The second kappa shape index (κ2) is 4.12. The zero-order valence-corrected chi connectivity index (χ0v) is 11.1. The molecule has 2 rings (SSSR count). The van der Waals surface area contributed by atoms with Gasteiger partial charge in [-0.25, -0.2) is 9.69 Å². The summed E-state index contributed by atoms with van der Waals surface area (Å²) in [7, 11) is 0. The Kier molecular flexibility index (Phi) is 2.89. The first-order chi connectivity index (χ1) is 8.31. The molecular formula is C14H17NO3. The fourth-order valence-corrected chi connectivity index (χ4v) is 2.05. The minimum atomic E-state index is -0.605. The van der Waals surface area contributed by atoms with Crippen LogP contribution in [0.3, 0.4) is 0 Å². The van der Waals surface area contributed by atoms with Crippen LogP contribution in [0.25, 0.3) is 0 Å². The summed E-state index contributed by atoms with van der Waals surface area (Å²) in [4.78, 5) is 25.4. The fourth-order valence-electron chi connectivity index (χ4n) is 2.05. The Morgan fingerprint density at radius 1 is 1.28 bits per heavy atom. The SMILES string of the molecule is CC1c2ccccc2C(=O)N1C(=O)OC(C)(C)C. The lowest BCUT2D eigenvalue weighted by Crippen LogP contribution is -2.38. The molecule has 0 bridgehead atoms. The van der Waals surface area contributed by atoms with Crippen LogP contribution < -0.4 is 0 Å². The molecular weight excluding hydrogens is 230 g/mol. The predicted octanol–water partition coefficient (Wildman–Crippen LogP) is 3.14. The van der Waals surface area contributed by atoms with Gasteiger partial charge in [0.05, 0.1) is 6.04 Å². The van der Waals surface area contributed by atoms with Gasteiger partial charge in [0.2, 0.25) is 0 Å². The first kappa shape index (κ1) is 12.6. The van der Waals surface area contributed by atoms with E-state index in [1.54, 1.807) is 32.9 Å². The molecule has 4 heteroatoms. The number of ether oxygens (including phenoxy) is 1. The maximum Gasteiger partial charge on any atom is 0.417 e. The first-order valence-corrected chi connectivity index (χ1v) is 5.97. The standard InChI is InChI=1S/C14H17NO3/c1-9-10-7-5-6-8-11(10)12(16)15(9)13(17)18-14(2,3)4/h5-9H,1-4H3. The number of nitrogens with zero attached hydrogens (tertiary/aromatic N) is 1. The Hall–Kier alpha value is -1.84. The number of imide groups is 1. The van der Waals surface area contributed by atoms with E-state index in [0.29, 0.717) is 5.56 Å². The Bertz CT molecular complexity index is 502. The molecule has 1 aliphatic heterocycles. The third-order valence-electron chi connectivity index (χ3n) is 2.84. The normalized spacial score (nSPS) is 18.8. The molecule has 0 spiro atoms. The van der Waals surface area contributed by atoms with E-state index in [0.717, 1.165) is 5.56 Å². The van der Waals surface area contributed by atoms with E-state index in [1.165, 1.54) is 4.90 Å². The highest BCUT2D eigenvalue weighted by molar-refractivity contribution is 6.07. The van der Waals surface area contributed by atoms with Gasteiger partial charge in [-0.15, -0.1) is 0 Å². The molecule has 0 radical (unpaired) electrons. The van der Waals surface area contributed by atoms with Gasteiger partial charge < -0.3 is 4.74 Å². The fraction of sp³-hybridized carbons (Fsp3) is 0.429. The second-order valence-corrected chi connectivity index (χ2v) is 5.42. The monoisotopic (exact) mass is 247 g/mol. The maximum absolute atomic E-state index is 12.2. The van der Waals surface area contributed by atoms with Crippen LogP contribution in [0.4, 0.5) is 4.79 Å². The Morgan fingerprint density at radius 3 is 2.44 bits per heavy atom. The summed E-state index contributed by atoms with van der Waals surface area (Å²) < 4.78 is 5.26. The van der Waals surface area contributed by atoms with Gasteiger partial charge in [-0.05, 0) is 39.3 Å². The molecule has 0 fully saturated rings. The van der Waals surface area contributed by atoms with E-state index in [-0.39, 0.29) is 11.9 Å². The van der Waals surface area contributed by atoms with Crippen LogP contribution in [0.5, 0.6) is 0 Å². The van der Waals surface area contributed by atoms with E-state index in [1.807, 2.05) is 19.1 Å². The summed E-state index contributed by atoms with van der Waals surface area (Å²) in [6.45, 7) is 7.17. The number of carbonyl (C=O) groups excluding carboxylic acids is 2. The lowest BCUT2D eigenvalue weighted by atomic mass is 10.1. The van der Waals surface area contributed by atoms with Crippen molar-refractivity contribution in [3.63, 3.8) is 0 Å². The largest absolute Gasteiger partial charge is 0.443 e. The summed E-state index contributed by atoms with van der Waals surface area (Å²) in [6, 6.07) is 6.98. The van der Waals surface area contributed by atoms with E-state index in [4.69, 9.17) is 4.74 Å². The predicted molar refractivity (Wildman–Crippen MR) is 67.3 cm³/mol. The Labute approximate surface area is 107 Å². The molecule has 1 aromatic carbocycles. The Balaban J connectivity index is 2.29. The summed E-state index contributed by atoms with van der Waals surface area (Å²) >= 11 is 0. The minimum absolute atomic E-state index is 0.274. The van der Waals surface area contributed by atoms with E-state index >= 15 is 0 Å². The quantitative estimate of drug-likeness (QED) is 0.707. The molecule has 1 aliphatic rings. The lowest BCUT2D eigenvalue weighted by Gasteiger charge is -2.25. The Morgan fingerprint density at radius 2 is 1.89 bits per heavy atom. The molecule has 18 heavy (non-hydrogen) atoms. The summed E-state index contributed by atoms with van der Waals surface area (Å²) in [5.41, 5.74) is 0.843. The number of benzene rings is 1. The van der Waals surface area contributed by atoms with Crippen molar-refractivity contribution in [1.29, 1.82) is 0 Å². The van der Waals surface area contributed by atoms with Crippen molar-refractivity contribution in [3.8, 4) is 0 Å². The average molecular weight is 247 g/mol. The van der Waals surface area contributed by atoms with E-state index in [9.17, 15) is 9.59 Å². The molecule has 0 saturated carbocycles. The zero-order chi connectivity index (χ0) is 13.5. The third-order valence-corrected chi connectivity index (χ3v) is 2.84. The number of hydrogen-bond donors (Lipinski definition) is 0. The van der Waals surface area contributed by atoms with Crippen molar-refractivity contribution in [1.82, 2.24) is 4.90 Å². The van der Waals surface area contributed by atoms with Crippen molar-refractivity contribution in [3.05, 3.63) is 35.4 Å². The topological polar surface area (TPSA) is 46.6 Å². The third kappa shape index (κ3) is 2.10. The average Bonchev–Trinajstić information content (AvgIpc) is 2.50. The van der Waals surface area contributed by atoms with Gasteiger partial charge in [0.25, 0.3) is 5.91 Å². The smallest absolute Gasteiger partial charge is 0.417 e. The van der Waals surface area contributed by atoms with Crippen LogP contribution in [0.15, 0.2) is 24.3 Å². The molecule has 2 amide bonds. The lowest BCUT2D eigenvalue weighted by molar-refractivity contribution is 0.0203. The summed E-state index contributed by atoms with van der Waals surface area (Å²) in [5.74, 6) is -0.285. The molecule has 0 saturated heterocycles. The van der Waals surface area contributed by atoms with Crippen molar-refractivity contribution in [2.75, 3.05) is 0 Å². The van der Waals surface area contributed by atoms with Gasteiger partial charge in [0.15, 0.2) is 0 Å². The van der Waals surface area contributed by atoms with Gasteiger partial charge in [0, 0.05) is 5.56 Å². The van der Waals surface area contributed by atoms with Crippen molar-refractivity contribution < 1.29 is 14.3 Å². The molecule has 1 unspecified atom stereocenters. The molecule has 96 valence electrons.